The van der Waals surface area contributed by atoms with Crippen LogP contribution in [-0.4, -0.2) is 7.05 Å². The highest BCUT2D eigenvalue weighted by molar-refractivity contribution is 7.99. The van der Waals surface area contributed by atoms with Crippen LogP contribution in [0, 0.1) is 19.9 Å². The summed E-state index contributed by atoms with van der Waals surface area (Å²) in [6.45, 7) is 5.26. The number of hydrogen-bond donors (Lipinski definition) is 1. The highest BCUT2D eigenvalue weighted by atomic mass is 32.2. The molecule has 0 unspecified atom stereocenters. The predicted molar refractivity (Wildman–Crippen MR) is 93.5 cm³/mol. The summed E-state index contributed by atoms with van der Waals surface area (Å²) in [6.07, 6.45) is 0. The second kappa shape index (κ2) is 6.22. The summed E-state index contributed by atoms with van der Waals surface area (Å²) >= 11 is 3.76. The van der Waals surface area contributed by atoms with Gasteiger partial charge >= 0.3 is 0 Å². The molecule has 1 N–H and O–H groups in total. The van der Waals surface area contributed by atoms with Crippen molar-refractivity contribution in [2.45, 2.75) is 30.2 Å². The first kappa shape index (κ1) is 14.6. The summed E-state index contributed by atoms with van der Waals surface area (Å²) in [7, 11) is 1.99. The van der Waals surface area contributed by atoms with Crippen LogP contribution in [0.4, 0.5) is 0 Å². The van der Waals surface area contributed by atoms with Gasteiger partial charge in [-0.3, -0.25) is 0 Å². The Hall–Kier alpha value is -1.29. The Balaban J connectivity index is 2.08. The first-order valence-corrected chi connectivity index (χ1v) is 8.64. The molecule has 1 heterocycles. The van der Waals surface area contributed by atoms with Crippen molar-refractivity contribution in [2.24, 2.45) is 0 Å². The van der Waals surface area contributed by atoms with Crippen LogP contribution < -0.4 is 5.32 Å². The van der Waals surface area contributed by atoms with Gasteiger partial charge in [-0.1, -0.05) is 36.0 Å². The van der Waals surface area contributed by atoms with Crippen molar-refractivity contribution in [3.8, 4) is 0 Å². The third-order valence-corrected chi connectivity index (χ3v) is 6.05. The quantitative estimate of drug-likeness (QED) is 0.711. The molecule has 0 saturated carbocycles. The van der Waals surface area contributed by atoms with Crippen LogP contribution in [0.5, 0.6) is 0 Å². The minimum atomic E-state index is 0.898. The van der Waals surface area contributed by atoms with Gasteiger partial charge in [0.2, 0.25) is 0 Å². The fourth-order valence-corrected chi connectivity index (χ4v) is 4.99. The molecule has 21 heavy (non-hydrogen) atoms. The number of aryl methyl sites for hydroxylation is 2. The molecule has 0 amide bonds. The molecule has 3 heteroatoms. The highest BCUT2D eigenvalue weighted by Gasteiger charge is 2.13. The second-order valence-corrected chi connectivity index (χ2v) is 7.38. The van der Waals surface area contributed by atoms with E-state index in [1.807, 2.05) is 36.2 Å². The van der Waals surface area contributed by atoms with E-state index in [2.05, 4.69) is 55.6 Å². The monoisotopic (exact) mass is 312 g/mol. The Labute approximate surface area is 134 Å². The lowest BCUT2D eigenvalue weighted by atomic mass is 10.1. The van der Waals surface area contributed by atoms with Crippen molar-refractivity contribution >= 4 is 33.2 Å². The number of thiophene rings is 1. The Morgan fingerprint density at radius 3 is 2.81 bits per heavy atom. The van der Waals surface area contributed by atoms with Crippen LogP contribution in [0.25, 0.3) is 10.1 Å². The molecule has 0 bridgehead atoms. The molecule has 2 aromatic carbocycles. The molecule has 0 atom stereocenters. The van der Waals surface area contributed by atoms with Crippen molar-refractivity contribution in [1.29, 1.82) is 0 Å². The summed E-state index contributed by atoms with van der Waals surface area (Å²) in [5.74, 6) is 0. The molecule has 0 spiro atoms. The Morgan fingerprint density at radius 1 is 1.19 bits per heavy atom. The van der Waals surface area contributed by atoms with Crippen LogP contribution in [0.1, 0.15) is 16.0 Å². The zero-order valence-electron chi connectivity index (χ0n) is 12.5. The van der Waals surface area contributed by atoms with Crippen LogP contribution in [-0.2, 0) is 6.54 Å². The maximum Gasteiger partial charge on any atom is 0.0360 e. The lowest BCUT2D eigenvalue weighted by molar-refractivity contribution is 0.803. The molecule has 1 radical (unpaired) electrons. The van der Waals surface area contributed by atoms with E-state index in [-0.39, 0.29) is 0 Å². The first-order valence-electron chi connectivity index (χ1n) is 7.01. The zero-order valence-corrected chi connectivity index (χ0v) is 14.1. The van der Waals surface area contributed by atoms with Crippen molar-refractivity contribution in [2.75, 3.05) is 7.05 Å². The molecule has 0 aliphatic rings. The average molecular weight is 312 g/mol. The number of nitrogens with one attached hydrogen (secondary N) is 1. The molecule has 0 aliphatic carbocycles. The summed E-state index contributed by atoms with van der Waals surface area (Å²) in [5.41, 5.74) is 2.59. The fourth-order valence-electron chi connectivity index (χ4n) is 2.51. The Bertz CT molecular complexity index is 774. The molecule has 0 fully saturated rings. The average Bonchev–Trinajstić information content (AvgIpc) is 2.79. The maximum atomic E-state index is 3.33. The van der Waals surface area contributed by atoms with Crippen LogP contribution in [0.15, 0.2) is 46.2 Å². The van der Waals surface area contributed by atoms with E-state index in [0.29, 0.717) is 0 Å². The smallest absolute Gasteiger partial charge is 0.0360 e. The van der Waals surface area contributed by atoms with Gasteiger partial charge in [0, 0.05) is 31.3 Å². The standard InChI is InChI=1S/C18H18NS2/c1-12-7-6-10-16-17(12)18(13(2)20-16)21-15-9-5-4-8-14(15)11-19-3/h4-6,8-10,19H,11H2,1-3H3. The van der Waals surface area contributed by atoms with Gasteiger partial charge in [-0.25, -0.2) is 0 Å². The van der Waals surface area contributed by atoms with E-state index in [9.17, 15) is 0 Å². The number of benzene rings is 2. The number of fused-ring (bicyclic) bond motifs is 1. The summed E-state index contributed by atoms with van der Waals surface area (Å²) in [6, 6.07) is 16.2. The largest absolute Gasteiger partial charge is 0.316 e. The van der Waals surface area contributed by atoms with E-state index < -0.39 is 0 Å². The van der Waals surface area contributed by atoms with Gasteiger partial charge in [0.15, 0.2) is 0 Å². The number of hydrogen-bond acceptors (Lipinski definition) is 3. The fraction of sp³-hybridized carbons (Fsp3) is 0.222. The normalized spacial score (nSPS) is 11.2. The minimum Gasteiger partial charge on any atom is -0.316 e. The topological polar surface area (TPSA) is 12.0 Å². The van der Waals surface area contributed by atoms with Crippen molar-refractivity contribution in [3.05, 3.63) is 58.5 Å². The van der Waals surface area contributed by atoms with Crippen molar-refractivity contribution < 1.29 is 0 Å². The molecular formula is C18H18NS2. The SMILES string of the molecule is CNCc1ccccc1Sc1c(C)sc2cc[c]c(C)c12. The lowest BCUT2D eigenvalue weighted by Gasteiger charge is -2.09. The molecule has 1 nitrogen and oxygen atoms in total. The van der Waals surface area contributed by atoms with Gasteiger partial charge in [-0.2, -0.15) is 0 Å². The third-order valence-electron chi connectivity index (χ3n) is 3.52. The summed E-state index contributed by atoms with van der Waals surface area (Å²) in [4.78, 5) is 4.10. The van der Waals surface area contributed by atoms with Crippen LogP contribution >= 0.6 is 23.1 Å². The minimum absolute atomic E-state index is 0.898. The molecule has 1 aromatic heterocycles. The maximum absolute atomic E-state index is 3.33. The van der Waals surface area contributed by atoms with Gasteiger partial charge in [-0.15, -0.1) is 11.3 Å². The molecule has 107 valence electrons. The van der Waals surface area contributed by atoms with Gasteiger partial charge < -0.3 is 5.32 Å². The molecular weight excluding hydrogens is 294 g/mol. The predicted octanol–water partition coefficient (Wildman–Crippen LogP) is 5.19. The van der Waals surface area contributed by atoms with Crippen molar-refractivity contribution in [3.63, 3.8) is 0 Å². The first-order chi connectivity index (χ1) is 10.2. The third kappa shape index (κ3) is 2.86. The van der Waals surface area contributed by atoms with Gasteiger partial charge in [0.05, 0.1) is 0 Å². The highest BCUT2D eigenvalue weighted by Crippen LogP contribution is 2.43. The second-order valence-electron chi connectivity index (χ2n) is 5.07. The summed E-state index contributed by atoms with van der Waals surface area (Å²) in [5, 5.41) is 4.62. The molecule has 0 aliphatic heterocycles. The Morgan fingerprint density at radius 2 is 2.00 bits per heavy atom. The lowest BCUT2D eigenvalue weighted by Crippen LogP contribution is -2.05. The summed E-state index contributed by atoms with van der Waals surface area (Å²) < 4.78 is 1.36. The van der Waals surface area contributed by atoms with E-state index in [0.717, 1.165) is 6.54 Å². The van der Waals surface area contributed by atoms with E-state index >= 15 is 0 Å². The van der Waals surface area contributed by atoms with Gasteiger partial charge in [0.1, 0.15) is 0 Å². The zero-order chi connectivity index (χ0) is 14.8. The van der Waals surface area contributed by atoms with E-state index in [1.54, 1.807) is 0 Å². The molecule has 0 saturated heterocycles. The molecule has 3 rings (SSSR count). The Kier molecular flexibility index (Phi) is 4.34. The number of rotatable bonds is 4. The van der Waals surface area contributed by atoms with E-state index in [1.165, 1.54) is 35.9 Å². The van der Waals surface area contributed by atoms with Gasteiger partial charge in [-0.05, 0) is 50.2 Å². The van der Waals surface area contributed by atoms with E-state index in [4.69, 9.17) is 0 Å². The van der Waals surface area contributed by atoms with Gasteiger partial charge in [0.25, 0.3) is 0 Å². The van der Waals surface area contributed by atoms with Crippen LogP contribution in [0.2, 0.25) is 0 Å². The molecule has 3 aromatic rings. The van der Waals surface area contributed by atoms with Crippen LogP contribution in [0.3, 0.4) is 0 Å². The van der Waals surface area contributed by atoms with Crippen molar-refractivity contribution in [1.82, 2.24) is 5.32 Å².